The molecule has 0 amide bonds. The lowest BCUT2D eigenvalue weighted by Gasteiger charge is -2.11. The monoisotopic (exact) mass is 304 g/mol. The Morgan fingerprint density at radius 1 is 1.00 bits per heavy atom. The van der Waals surface area contributed by atoms with E-state index in [1.165, 1.54) is 11.1 Å². The Kier molecular flexibility index (Phi) is 4.82. The first-order chi connectivity index (χ1) is 8.79. The summed E-state index contributed by atoms with van der Waals surface area (Å²) in [5.74, 6) is 0.931. The smallest absolute Gasteiger partial charge is 0.119 e. The van der Waals surface area contributed by atoms with Crippen molar-refractivity contribution in [3.8, 4) is 5.75 Å². The summed E-state index contributed by atoms with van der Waals surface area (Å²) in [4.78, 5) is 0.343. The summed E-state index contributed by atoms with van der Waals surface area (Å²) in [6.07, 6.45) is 0.995. The fourth-order valence-electron chi connectivity index (χ4n) is 1.88. The Bertz CT molecular complexity index is 464. The zero-order valence-electron chi connectivity index (χ0n) is 10.5. The van der Waals surface area contributed by atoms with Gasteiger partial charge in [0, 0.05) is 4.83 Å². The molecule has 0 radical (unpaired) electrons. The van der Waals surface area contributed by atoms with Crippen LogP contribution < -0.4 is 4.74 Å². The second kappa shape index (κ2) is 6.60. The van der Waals surface area contributed by atoms with E-state index in [2.05, 4.69) is 52.3 Å². The van der Waals surface area contributed by atoms with E-state index in [1.807, 2.05) is 25.1 Å². The maximum atomic E-state index is 5.44. The first kappa shape index (κ1) is 13.2. The van der Waals surface area contributed by atoms with E-state index in [4.69, 9.17) is 4.74 Å². The number of hydrogen-bond acceptors (Lipinski definition) is 1. The minimum absolute atomic E-state index is 0.343. The van der Waals surface area contributed by atoms with Crippen LogP contribution in [0.2, 0.25) is 0 Å². The molecule has 0 aliphatic rings. The minimum Gasteiger partial charge on any atom is -0.494 e. The molecule has 0 fully saturated rings. The molecule has 94 valence electrons. The van der Waals surface area contributed by atoms with Gasteiger partial charge in [0.25, 0.3) is 0 Å². The average Bonchev–Trinajstić information content (AvgIpc) is 2.41. The highest BCUT2D eigenvalue weighted by atomic mass is 79.9. The van der Waals surface area contributed by atoms with Crippen LogP contribution in [0, 0.1) is 0 Å². The predicted molar refractivity (Wildman–Crippen MR) is 79.4 cm³/mol. The largest absolute Gasteiger partial charge is 0.494 e. The van der Waals surface area contributed by atoms with Crippen molar-refractivity contribution in [3.05, 3.63) is 65.7 Å². The van der Waals surface area contributed by atoms with Crippen LogP contribution in [0.5, 0.6) is 5.75 Å². The Hall–Kier alpha value is -1.28. The van der Waals surface area contributed by atoms with Crippen molar-refractivity contribution in [1.82, 2.24) is 0 Å². The number of alkyl halides is 1. The topological polar surface area (TPSA) is 9.23 Å². The number of halogens is 1. The molecule has 1 unspecified atom stereocenters. The molecule has 0 N–H and O–H groups in total. The van der Waals surface area contributed by atoms with Gasteiger partial charge in [-0.2, -0.15) is 0 Å². The highest BCUT2D eigenvalue weighted by molar-refractivity contribution is 9.09. The molecule has 1 nitrogen and oxygen atoms in total. The molecule has 0 saturated carbocycles. The third kappa shape index (κ3) is 3.61. The van der Waals surface area contributed by atoms with Gasteiger partial charge in [-0.3, -0.25) is 0 Å². The van der Waals surface area contributed by atoms with Crippen molar-refractivity contribution in [2.45, 2.75) is 18.2 Å². The Balaban J connectivity index is 2.02. The van der Waals surface area contributed by atoms with Crippen molar-refractivity contribution >= 4 is 15.9 Å². The van der Waals surface area contributed by atoms with Crippen LogP contribution in [-0.4, -0.2) is 6.61 Å². The van der Waals surface area contributed by atoms with Crippen molar-refractivity contribution in [2.75, 3.05) is 6.61 Å². The number of benzene rings is 2. The molecule has 2 aromatic carbocycles. The maximum Gasteiger partial charge on any atom is 0.119 e. The molecule has 2 heteroatoms. The van der Waals surface area contributed by atoms with E-state index in [0.717, 1.165) is 12.2 Å². The van der Waals surface area contributed by atoms with Gasteiger partial charge >= 0.3 is 0 Å². The van der Waals surface area contributed by atoms with Gasteiger partial charge in [0.05, 0.1) is 6.61 Å². The van der Waals surface area contributed by atoms with Crippen LogP contribution in [0.4, 0.5) is 0 Å². The van der Waals surface area contributed by atoms with Crippen LogP contribution >= 0.6 is 15.9 Å². The van der Waals surface area contributed by atoms with Crippen molar-refractivity contribution in [3.63, 3.8) is 0 Å². The Morgan fingerprint density at radius 3 is 2.28 bits per heavy atom. The molecule has 0 aliphatic heterocycles. The lowest BCUT2D eigenvalue weighted by molar-refractivity contribution is 0.340. The molecule has 0 aliphatic carbocycles. The Labute approximate surface area is 117 Å². The molecule has 0 aromatic heterocycles. The Morgan fingerprint density at radius 2 is 1.67 bits per heavy atom. The summed E-state index contributed by atoms with van der Waals surface area (Å²) >= 11 is 3.75. The summed E-state index contributed by atoms with van der Waals surface area (Å²) < 4.78 is 5.44. The normalized spacial score (nSPS) is 12.1. The molecule has 2 rings (SSSR count). The van der Waals surface area contributed by atoms with E-state index >= 15 is 0 Å². The van der Waals surface area contributed by atoms with Gasteiger partial charge in [-0.1, -0.05) is 58.4 Å². The molecular formula is C16H17BrO. The van der Waals surface area contributed by atoms with Gasteiger partial charge in [0.15, 0.2) is 0 Å². The van der Waals surface area contributed by atoms with Crippen molar-refractivity contribution < 1.29 is 4.74 Å². The second-order valence-corrected chi connectivity index (χ2v) is 5.26. The van der Waals surface area contributed by atoms with Gasteiger partial charge in [-0.15, -0.1) is 0 Å². The SMILES string of the molecule is CCOc1ccc(C(Br)Cc2ccccc2)cc1. The van der Waals surface area contributed by atoms with Gasteiger partial charge < -0.3 is 4.74 Å². The van der Waals surface area contributed by atoms with E-state index in [1.54, 1.807) is 0 Å². The number of rotatable bonds is 5. The summed E-state index contributed by atoms with van der Waals surface area (Å²) in [5, 5.41) is 0. The molecule has 0 saturated heterocycles. The predicted octanol–water partition coefficient (Wildman–Crippen LogP) is 4.76. The highest BCUT2D eigenvalue weighted by Crippen LogP contribution is 2.28. The van der Waals surface area contributed by atoms with E-state index in [-0.39, 0.29) is 0 Å². The fourth-order valence-corrected chi connectivity index (χ4v) is 2.56. The zero-order valence-corrected chi connectivity index (χ0v) is 12.1. The molecule has 2 aromatic rings. The lowest BCUT2D eigenvalue weighted by Crippen LogP contribution is -1.96. The van der Waals surface area contributed by atoms with E-state index in [9.17, 15) is 0 Å². The molecule has 0 bridgehead atoms. The summed E-state index contributed by atoms with van der Waals surface area (Å²) in [6.45, 7) is 2.71. The van der Waals surface area contributed by atoms with Crippen LogP contribution in [-0.2, 0) is 6.42 Å². The van der Waals surface area contributed by atoms with Crippen molar-refractivity contribution in [2.24, 2.45) is 0 Å². The first-order valence-corrected chi connectivity index (χ1v) is 7.12. The van der Waals surface area contributed by atoms with Gasteiger partial charge in [0.2, 0.25) is 0 Å². The van der Waals surface area contributed by atoms with Gasteiger partial charge in [-0.05, 0) is 36.6 Å². The summed E-state index contributed by atoms with van der Waals surface area (Å²) in [7, 11) is 0. The number of ether oxygens (including phenoxy) is 1. The second-order valence-electron chi connectivity index (χ2n) is 4.16. The molecule has 18 heavy (non-hydrogen) atoms. The fraction of sp³-hybridized carbons (Fsp3) is 0.250. The third-order valence-corrected chi connectivity index (χ3v) is 3.66. The van der Waals surface area contributed by atoms with E-state index < -0.39 is 0 Å². The first-order valence-electron chi connectivity index (χ1n) is 6.20. The van der Waals surface area contributed by atoms with Gasteiger partial charge in [0.1, 0.15) is 5.75 Å². The maximum absolute atomic E-state index is 5.44. The molecule has 0 heterocycles. The molecule has 0 spiro atoms. The molecular weight excluding hydrogens is 288 g/mol. The van der Waals surface area contributed by atoms with Crippen LogP contribution in [0.3, 0.4) is 0 Å². The van der Waals surface area contributed by atoms with Gasteiger partial charge in [-0.25, -0.2) is 0 Å². The standard InChI is InChI=1S/C16H17BrO/c1-2-18-15-10-8-14(9-11-15)16(17)12-13-6-4-3-5-7-13/h3-11,16H,2,12H2,1H3. The van der Waals surface area contributed by atoms with Crippen molar-refractivity contribution in [1.29, 1.82) is 0 Å². The van der Waals surface area contributed by atoms with Crippen LogP contribution in [0.1, 0.15) is 22.9 Å². The zero-order chi connectivity index (χ0) is 12.8. The summed E-state index contributed by atoms with van der Waals surface area (Å²) in [6, 6.07) is 18.8. The summed E-state index contributed by atoms with van der Waals surface area (Å²) in [5.41, 5.74) is 2.62. The van der Waals surface area contributed by atoms with Crippen LogP contribution in [0.25, 0.3) is 0 Å². The quantitative estimate of drug-likeness (QED) is 0.723. The van der Waals surface area contributed by atoms with E-state index in [0.29, 0.717) is 11.4 Å². The third-order valence-electron chi connectivity index (χ3n) is 2.81. The molecule has 1 atom stereocenters. The number of hydrogen-bond donors (Lipinski definition) is 0. The van der Waals surface area contributed by atoms with Crippen LogP contribution in [0.15, 0.2) is 54.6 Å². The minimum atomic E-state index is 0.343. The highest BCUT2D eigenvalue weighted by Gasteiger charge is 2.08. The average molecular weight is 305 g/mol. The lowest BCUT2D eigenvalue weighted by atomic mass is 10.0.